The van der Waals surface area contributed by atoms with Crippen molar-refractivity contribution in [2.75, 3.05) is 19.8 Å². The first-order valence-corrected chi connectivity index (χ1v) is 8.26. The maximum atomic E-state index is 10.8. The lowest BCUT2D eigenvalue weighted by Gasteiger charge is -2.14. The molecule has 0 bridgehead atoms. The zero-order valence-corrected chi connectivity index (χ0v) is 14.5. The van der Waals surface area contributed by atoms with Crippen LogP contribution in [0.5, 0.6) is 0 Å². The van der Waals surface area contributed by atoms with E-state index in [0.717, 1.165) is 17.4 Å². The molecule has 1 atom stereocenters. The van der Waals surface area contributed by atoms with Crippen molar-refractivity contribution in [1.29, 1.82) is 5.26 Å². The predicted octanol–water partition coefficient (Wildman–Crippen LogP) is 2.49. The number of carbonyl (C=O) groups is 1. The van der Waals surface area contributed by atoms with Crippen molar-refractivity contribution in [2.24, 2.45) is 10.7 Å². The minimum atomic E-state index is -0.144. The quantitative estimate of drug-likeness (QED) is 0.472. The number of guanidine groups is 1. The predicted molar refractivity (Wildman–Crippen MR) is 97.0 cm³/mol. The van der Waals surface area contributed by atoms with Crippen LogP contribution in [0, 0.1) is 11.3 Å². The Labute approximate surface area is 141 Å². The molecule has 0 heterocycles. The number of hydrogen-bond donors (Lipinski definition) is 1. The fraction of sp³-hybridized carbons (Fsp3) is 0.353. The molecule has 0 saturated carbocycles. The largest absolute Gasteiger partial charge is 0.370 e. The molecular weight excluding hydrogens is 308 g/mol. The number of hydrogen-bond acceptors (Lipinski definition) is 4. The third-order valence-electron chi connectivity index (χ3n) is 3.14. The molecule has 0 amide bonds. The van der Waals surface area contributed by atoms with Crippen LogP contribution in [-0.2, 0) is 4.79 Å². The van der Waals surface area contributed by atoms with Gasteiger partial charge in [-0.05, 0) is 35.6 Å². The third kappa shape index (κ3) is 6.57. The van der Waals surface area contributed by atoms with Crippen molar-refractivity contribution in [3.8, 4) is 6.07 Å². The van der Waals surface area contributed by atoms with E-state index in [0.29, 0.717) is 23.7 Å². The van der Waals surface area contributed by atoms with Crippen molar-refractivity contribution in [3.63, 3.8) is 0 Å². The number of carbonyl (C=O) groups excluding carboxylic acids is 1. The van der Waals surface area contributed by atoms with Crippen LogP contribution in [0.2, 0.25) is 0 Å². The number of allylic oxidation sites excluding steroid dienone is 1. The van der Waals surface area contributed by atoms with E-state index in [1.807, 2.05) is 44.6 Å². The summed E-state index contributed by atoms with van der Waals surface area (Å²) in [6.45, 7) is 2.00. The first-order valence-electron chi connectivity index (χ1n) is 7.21. The number of rotatable bonds is 7. The number of aliphatic imine (C=N–C) groups is 1. The molecule has 5 nitrogen and oxygen atoms in total. The molecule has 1 aromatic carbocycles. The summed E-state index contributed by atoms with van der Waals surface area (Å²) in [4.78, 5) is 16.9. The van der Waals surface area contributed by atoms with Gasteiger partial charge in [0.15, 0.2) is 5.96 Å². The molecule has 0 aliphatic carbocycles. The van der Waals surface area contributed by atoms with Gasteiger partial charge in [-0.2, -0.15) is 5.26 Å². The summed E-state index contributed by atoms with van der Waals surface area (Å²) < 4.78 is 0. The van der Waals surface area contributed by atoms with Gasteiger partial charge in [0.1, 0.15) is 6.29 Å². The lowest BCUT2D eigenvalue weighted by molar-refractivity contribution is -0.108. The Hall–Kier alpha value is -2.26. The van der Waals surface area contributed by atoms with Gasteiger partial charge < -0.3 is 15.4 Å². The molecule has 0 spiro atoms. The first kappa shape index (κ1) is 18.8. The van der Waals surface area contributed by atoms with Crippen molar-refractivity contribution in [2.45, 2.75) is 19.4 Å². The molecule has 0 aliphatic heterocycles. The highest BCUT2D eigenvalue weighted by Gasteiger charge is 2.08. The second-order valence-corrected chi connectivity index (χ2v) is 6.17. The van der Waals surface area contributed by atoms with E-state index in [-0.39, 0.29) is 6.04 Å². The molecule has 6 heteroatoms. The molecular formula is C17H22N4OS. The topological polar surface area (TPSA) is 82.5 Å². The van der Waals surface area contributed by atoms with Gasteiger partial charge in [0.2, 0.25) is 0 Å². The molecule has 0 aliphatic rings. The van der Waals surface area contributed by atoms with Crippen LogP contribution in [0.1, 0.15) is 24.5 Å². The van der Waals surface area contributed by atoms with Crippen LogP contribution in [-0.4, -0.2) is 43.0 Å². The Morgan fingerprint density at radius 1 is 1.52 bits per heavy atom. The van der Waals surface area contributed by atoms with Crippen LogP contribution in [0.15, 0.2) is 34.7 Å². The molecule has 1 aromatic rings. The van der Waals surface area contributed by atoms with E-state index in [1.54, 1.807) is 22.7 Å². The molecule has 1 rings (SSSR count). The normalized spacial score (nSPS) is 13.3. The summed E-state index contributed by atoms with van der Waals surface area (Å²) in [5, 5.41) is 11.0. The van der Waals surface area contributed by atoms with Gasteiger partial charge >= 0.3 is 0 Å². The second-order valence-electron chi connectivity index (χ2n) is 5.26. The highest BCUT2D eigenvalue weighted by molar-refractivity contribution is 8.02. The zero-order chi connectivity index (χ0) is 17.2. The fourth-order valence-corrected chi connectivity index (χ4v) is 2.67. The smallest absolute Gasteiger partial charge is 0.191 e. The number of nitrogens with zero attached hydrogens (tertiary/aromatic N) is 3. The third-order valence-corrected chi connectivity index (χ3v) is 4.23. The van der Waals surface area contributed by atoms with Gasteiger partial charge in [-0.3, -0.25) is 0 Å². The summed E-state index contributed by atoms with van der Waals surface area (Å²) in [5.41, 5.74) is 8.53. The number of nitrogens with two attached hydrogens (primary N) is 1. The number of nitriles is 1. The van der Waals surface area contributed by atoms with E-state index < -0.39 is 0 Å². The maximum Gasteiger partial charge on any atom is 0.191 e. The number of thioether (sulfide) groups is 1. The van der Waals surface area contributed by atoms with Gasteiger partial charge in [-0.25, -0.2) is 4.99 Å². The molecule has 0 aromatic heterocycles. The number of benzene rings is 1. The fourth-order valence-electron chi connectivity index (χ4n) is 1.76. The van der Waals surface area contributed by atoms with Crippen molar-refractivity contribution in [3.05, 3.63) is 40.8 Å². The minimum absolute atomic E-state index is 0.144. The number of aldehydes is 1. The Bertz CT molecular complexity index is 632. The van der Waals surface area contributed by atoms with E-state index in [4.69, 9.17) is 11.0 Å². The summed E-state index contributed by atoms with van der Waals surface area (Å²) in [6.07, 6.45) is 1.21. The van der Waals surface area contributed by atoms with Crippen molar-refractivity contribution >= 4 is 29.6 Å². The molecule has 2 N–H and O–H groups in total. The van der Waals surface area contributed by atoms with Crippen LogP contribution in [0.25, 0.3) is 5.57 Å². The van der Waals surface area contributed by atoms with E-state index >= 15 is 0 Å². The molecule has 0 radical (unpaired) electrons. The lowest BCUT2D eigenvalue weighted by atomic mass is 10.1. The summed E-state index contributed by atoms with van der Waals surface area (Å²) in [7, 11) is 3.63. The molecule has 0 unspecified atom stereocenters. The minimum Gasteiger partial charge on any atom is -0.370 e. The van der Waals surface area contributed by atoms with Gasteiger partial charge in [-0.15, -0.1) is 11.8 Å². The SMILES string of the molecule is C/C(=C\SC[C@H](CC=O)N=C(N)N(C)C)c1cccc(C#N)c1. The van der Waals surface area contributed by atoms with Crippen LogP contribution in [0.3, 0.4) is 0 Å². The Morgan fingerprint density at radius 3 is 2.87 bits per heavy atom. The van der Waals surface area contributed by atoms with E-state index in [2.05, 4.69) is 11.1 Å². The summed E-state index contributed by atoms with van der Waals surface area (Å²) in [6, 6.07) is 9.47. The molecule has 0 fully saturated rings. The van der Waals surface area contributed by atoms with Crippen LogP contribution in [0.4, 0.5) is 0 Å². The average Bonchev–Trinajstić information content (AvgIpc) is 2.54. The van der Waals surface area contributed by atoms with Gasteiger partial charge in [0.25, 0.3) is 0 Å². The van der Waals surface area contributed by atoms with Gasteiger partial charge in [0.05, 0.1) is 17.7 Å². The average molecular weight is 330 g/mol. The Kier molecular flexibility index (Phi) is 7.92. The zero-order valence-electron chi connectivity index (χ0n) is 13.7. The molecule has 122 valence electrons. The first-order chi connectivity index (χ1) is 11.0. The van der Waals surface area contributed by atoms with Crippen LogP contribution < -0.4 is 5.73 Å². The van der Waals surface area contributed by atoms with Gasteiger partial charge in [-0.1, -0.05) is 12.1 Å². The van der Waals surface area contributed by atoms with Crippen molar-refractivity contribution in [1.82, 2.24) is 4.90 Å². The molecule has 0 saturated heterocycles. The Morgan fingerprint density at radius 2 is 2.26 bits per heavy atom. The van der Waals surface area contributed by atoms with E-state index in [9.17, 15) is 4.79 Å². The summed E-state index contributed by atoms with van der Waals surface area (Å²) >= 11 is 1.59. The van der Waals surface area contributed by atoms with Crippen LogP contribution >= 0.6 is 11.8 Å². The Balaban J connectivity index is 2.72. The highest BCUT2D eigenvalue weighted by atomic mass is 32.2. The van der Waals surface area contributed by atoms with Crippen molar-refractivity contribution < 1.29 is 4.79 Å². The monoisotopic (exact) mass is 330 g/mol. The molecule has 23 heavy (non-hydrogen) atoms. The van der Waals surface area contributed by atoms with E-state index in [1.165, 1.54) is 0 Å². The summed E-state index contributed by atoms with van der Waals surface area (Å²) in [5.74, 6) is 1.09. The maximum absolute atomic E-state index is 10.8. The highest BCUT2D eigenvalue weighted by Crippen LogP contribution is 2.20. The second kappa shape index (κ2) is 9.70. The standard InChI is InChI=1S/C17H22N4OS/c1-13(15-6-4-5-14(9-15)10-18)11-23-12-16(7-8-22)20-17(19)21(2)3/h4-6,8-9,11,16H,7,12H2,1-3H3,(H2,19,20)/b13-11+/t16-/m0/s1. The van der Waals surface area contributed by atoms with Gasteiger partial charge in [0, 0.05) is 26.3 Å². The lowest BCUT2D eigenvalue weighted by Crippen LogP contribution is -2.32.